The summed E-state index contributed by atoms with van der Waals surface area (Å²) in [7, 11) is 2.01. The molecule has 0 aliphatic carbocycles. The molecule has 0 fully saturated rings. The van der Waals surface area contributed by atoms with Crippen LogP contribution in [0, 0.1) is 11.3 Å². The topological polar surface area (TPSA) is 31.5 Å². The lowest BCUT2D eigenvalue weighted by Crippen LogP contribution is -2.29. The molecule has 2 heterocycles. The number of hydrogen-bond acceptors (Lipinski definition) is 1. The van der Waals surface area contributed by atoms with Gasteiger partial charge in [-0.05, 0) is 23.3 Å². The Hall–Kier alpha value is -2.99. The summed E-state index contributed by atoms with van der Waals surface area (Å²) in [6.45, 7) is 0. The van der Waals surface area contributed by atoms with Crippen LogP contribution >= 0.6 is 0 Å². The maximum atomic E-state index is 8.82. The Balaban J connectivity index is 1.89. The van der Waals surface area contributed by atoms with Crippen LogP contribution in [0.25, 0.3) is 16.8 Å². The molecule has 0 aliphatic heterocycles. The average molecular weight is 273 g/mol. The summed E-state index contributed by atoms with van der Waals surface area (Å²) >= 11 is 0. The van der Waals surface area contributed by atoms with Gasteiger partial charge in [-0.3, -0.25) is 0 Å². The first-order valence-electron chi connectivity index (χ1n) is 6.74. The molecule has 100 valence electrons. The molecule has 2 aromatic heterocycles. The molecule has 0 radical (unpaired) electrons. The van der Waals surface area contributed by atoms with Crippen LogP contribution in [0.1, 0.15) is 5.56 Å². The fourth-order valence-corrected chi connectivity index (χ4v) is 2.19. The minimum Gasteiger partial charge on any atom is -0.208 e. The standard InChI is InChI=1S/C18H15N3/c1-20-10-6-16(7-11-20)17-8-12-21(13-9-17)18-4-2-15(14-19)3-5-18/h2-13H,1H3/q+2. The summed E-state index contributed by atoms with van der Waals surface area (Å²) in [6, 6.07) is 18.1. The van der Waals surface area contributed by atoms with Gasteiger partial charge < -0.3 is 0 Å². The van der Waals surface area contributed by atoms with Crippen LogP contribution in [0.15, 0.2) is 73.3 Å². The Labute approximate surface area is 124 Å². The molecule has 3 rings (SSSR count). The van der Waals surface area contributed by atoms with Crippen LogP contribution in [-0.2, 0) is 7.05 Å². The second kappa shape index (κ2) is 5.56. The maximum Gasteiger partial charge on any atom is 0.210 e. The number of rotatable bonds is 2. The van der Waals surface area contributed by atoms with Crippen molar-refractivity contribution in [2.45, 2.75) is 0 Å². The fraction of sp³-hybridized carbons (Fsp3) is 0.0556. The molecule has 1 aromatic carbocycles. The zero-order valence-electron chi connectivity index (χ0n) is 11.8. The summed E-state index contributed by atoms with van der Waals surface area (Å²) in [4.78, 5) is 0. The lowest BCUT2D eigenvalue weighted by molar-refractivity contribution is -0.671. The third kappa shape index (κ3) is 2.80. The molecule has 3 heteroatoms. The van der Waals surface area contributed by atoms with Crippen LogP contribution in [0.3, 0.4) is 0 Å². The van der Waals surface area contributed by atoms with E-state index in [4.69, 9.17) is 5.26 Å². The molecule has 0 amide bonds. The molecule has 0 bridgehead atoms. The Kier molecular flexibility index (Phi) is 3.44. The van der Waals surface area contributed by atoms with E-state index in [9.17, 15) is 0 Å². The lowest BCUT2D eigenvalue weighted by Gasteiger charge is -2.00. The zero-order chi connectivity index (χ0) is 14.7. The van der Waals surface area contributed by atoms with Crippen molar-refractivity contribution in [2.24, 2.45) is 7.05 Å². The average Bonchev–Trinajstić information content (AvgIpc) is 2.56. The molecule has 0 N–H and O–H groups in total. The first-order valence-corrected chi connectivity index (χ1v) is 6.74. The van der Waals surface area contributed by atoms with Gasteiger partial charge in [-0.25, -0.2) is 4.57 Å². The fourth-order valence-electron chi connectivity index (χ4n) is 2.19. The van der Waals surface area contributed by atoms with E-state index in [0.29, 0.717) is 5.56 Å². The number of nitriles is 1. The van der Waals surface area contributed by atoms with Gasteiger partial charge in [0.05, 0.1) is 11.6 Å². The molecule has 3 aromatic rings. The van der Waals surface area contributed by atoms with Crippen LogP contribution in [0.5, 0.6) is 0 Å². The normalized spacial score (nSPS) is 10.1. The van der Waals surface area contributed by atoms with Crippen LogP contribution in [0.2, 0.25) is 0 Å². The van der Waals surface area contributed by atoms with Gasteiger partial charge in [0.25, 0.3) is 0 Å². The van der Waals surface area contributed by atoms with Gasteiger partial charge >= 0.3 is 0 Å². The van der Waals surface area contributed by atoms with Gasteiger partial charge in [0.2, 0.25) is 5.69 Å². The molecular weight excluding hydrogens is 258 g/mol. The lowest BCUT2D eigenvalue weighted by atomic mass is 10.1. The third-order valence-corrected chi connectivity index (χ3v) is 3.44. The minimum atomic E-state index is 0.674. The number of hydrogen-bond donors (Lipinski definition) is 0. The summed E-state index contributed by atoms with van der Waals surface area (Å²) in [5.41, 5.74) is 4.09. The van der Waals surface area contributed by atoms with Gasteiger partial charge in [-0.1, -0.05) is 0 Å². The van der Waals surface area contributed by atoms with Gasteiger partial charge in [-0.15, -0.1) is 0 Å². The molecule has 0 unspecified atom stereocenters. The van der Waals surface area contributed by atoms with Gasteiger partial charge in [-0.2, -0.15) is 9.83 Å². The molecule has 0 saturated carbocycles. The van der Waals surface area contributed by atoms with Gasteiger partial charge in [0.15, 0.2) is 24.8 Å². The second-order valence-electron chi connectivity index (χ2n) is 4.91. The van der Waals surface area contributed by atoms with E-state index in [1.165, 1.54) is 11.1 Å². The summed E-state index contributed by atoms with van der Waals surface area (Å²) in [5, 5.41) is 8.82. The van der Waals surface area contributed by atoms with E-state index in [-0.39, 0.29) is 0 Å². The highest BCUT2D eigenvalue weighted by Crippen LogP contribution is 2.16. The third-order valence-electron chi connectivity index (χ3n) is 3.44. The van der Waals surface area contributed by atoms with Crippen LogP contribution in [0.4, 0.5) is 0 Å². The number of pyridine rings is 2. The molecule has 21 heavy (non-hydrogen) atoms. The van der Waals surface area contributed by atoms with Crippen molar-refractivity contribution in [1.82, 2.24) is 0 Å². The van der Waals surface area contributed by atoms with E-state index in [1.54, 1.807) is 0 Å². The molecule has 0 spiro atoms. The second-order valence-corrected chi connectivity index (χ2v) is 4.91. The van der Waals surface area contributed by atoms with Gasteiger partial charge in [0.1, 0.15) is 7.05 Å². The zero-order valence-corrected chi connectivity index (χ0v) is 11.8. The Bertz CT molecular complexity index is 780. The largest absolute Gasteiger partial charge is 0.210 e. The number of nitrogens with zero attached hydrogens (tertiary/aromatic N) is 3. The minimum absolute atomic E-state index is 0.674. The Morgan fingerprint density at radius 3 is 1.81 bits per heavy atom. The summed E-state index contributed by atoms with van der Waals surface area (Å²) < 4.78 is 4.05. The SMILES string of the molecule is C[n+]1ccc(-c2cc[n+](-c3ccc(C#N)cc3)cc2)cc1. The van der Waals surface area contributed by atoms with E-state index in [2.05, 4.69) is 30.3 Å². The van der Waals surface area contributed by atoms with Crippen molar-refractivity contribution < 1.29 is 9.13 Å². The number of aryl methyl sites for hydroxylation is 1. The van der Waals surface area contributed by atoms with Gasteiger partial charge in [0, 0.05) is 36.4 Å². The summed E-state index contributed by atoms with van der Waals surface area (Å²) in [5.74, 6) is 0. The van der Waals surface area contributed by atoms with Crippen LogP contribution in [-0.4, -0.2) is 0 Å². The van der Waals surface area contributed by atoms with Crippen LogP contribution < -0.4 is 9.13 Å². The van der Waals surface area contributed by atoms with Crippen molar-refractivity contribution in [3.05, 3.63) is 78.9 Å². The quantitative estimate of drug-likeness (QED) is 0.659. The molecule has 0 saturated heterocycles. The molecule has 3 nitrogen and oxygen atoms in total. The maximum absolute atomic E-state index is 8.82. The van der Waals surface area contributed by atoms with E-state index < -0.39 is 0 Å². The predicted octanol–water partition coefficient (Wildman–Crippen LogP) is 2.33. The molecule has 0 aliphatic rings. The van der Waals surface area contributed by atoms with E-state index >= 15 is 0 Å². The Morgan fingerprint density at radius 1 is 0.762 bits per heavy atom. The first kappa shape index (κ1) is 13.0. The van der Waals surface area contributed by atoms with Crippen molar-refractivity contribution in [3.8, 4) is 22.9 Å². The number of aromatic nitrogens is 2. The highest BCUT2D eigenvalue weighted by Gasteiger charge is 2.07. The summed E-state index contributed by atoms with van der Waals surface area (Å²) in [6.07, 6.45) is 8.14. The Morgan fingerprint density at radius 2 is 1.29 bits per heavy atom. The van der Waals surface area contributed by atoms with E-state index in [0.717, 1.165) is 5.69 Å². The van der Waals surface area contributed by atoms with Crippen molar-refractivity contribution in [3.63, 3.8) is 0 Å². The highest BCUT2D eigenvalue weighted by molar-refractivity contribution is 5.61. The van der Waals surface area contributed by atoms with E-state index in [1.807, 2.05) is 65.2 Å². The molecular formula is C18H15N3+2. The molecule has 0 atom stereocenters. The number of benzene rings is 1. The van der Waals surface area contributed by atoms with Crippen molar-refractivity contribution in [1.29, 1.82) is 5.26 Å². The predicted molar refractivity (Wildman–Crippen MR) is 79.3 cm³/mol. The van der Waals surface area contributed by atoms with Crippen molar-refractivity contribution >= 4 is 0 Å². The first-order chi connectivity index (χ1) is 10.3. The smallest absolute Gasteiger partial charge is 0.208 e. The monoisotopic (exact) mass is 273 g/mol. The van der Waals surface area contributed by atoms with Crippen molar-refractivity contribution in [2.75, 3.05) is 0 Å². The highest BCUT2D eigenvalue weighted by atomic mass is 14.9.